The molecule has 0 atom stereocenters. The lowest BCUT2D eigenvalue weighted by Crippen LogP contribution is -2.49. The van der Waals surface area contributed by atoms with E-state index in [4.69, 9.17) is 0 Å². The maximum atomic E-state index is 12.7. The van der Waals surface area contributed by atoms with Crippen molar-refractivity contribution in [3.8, 4) is 0 Å². The maximum absolute atomic E-state index is 12.7. The van der Waals surface area contributed by atoms with Gasteiger partial charge in [0.2, 0.25) is 5.91 Å². The predicted molar refractivity (Wildman–Crippen MR) is 107 cm³/mol. The molecule has 0 unspecified atom stereocenters. The highest BCUT2D eigenvalue weighted by molar-refractivity contribution is 5.80. The zero-order valence-corrected chi connectivity index (χ0v) is 16.2. The number of amides is 1. The predicted octanol–water partition coefficient (Wildman–Crippen LogP) is 1.94. The Morgan fingerprint density at radius 1 is 0.704 bits per heavy atom. The number of nitrogens with one attached hydrogen (secondary N) is 1. The summed E-state index contributed by atoms with van der Waals surface area (Å²) in [6.45, 7) is 3.12. The van der Waals surface area contributed by atoms with Gasteiger partial charge in [-0.1, -0.05) is 25.7 Å². The number of hydrogen-bond acceptors (Lipinski definition) is 5. The van der Waals surface area contributed by atoms with Gasteiger partial charge in [0, 0.05) is 38.1 Å². The monoisotopic (exact) mass is 373 g/mol. The molecule has 0 radical (unpaired) electrons. The lowest BCUT2D eigenvalue weighted by atomic mass is 9.94. The molecule has 6 nitrogen and oxygen atoms in total. The smallest absolute Gasteiger partial charge is 0.253 e. The van der Waals surface area contributed by atoms with E-state index in [1.807, 2.05) is 4.90 Å². The lowest BCUT2D eigenvalue weighted by molar-refractivity contribution is -0.126. The van der Waals surface area contributed by atoms with E-state index in [-0.39, 0.29) is 22.7 Å². The number of carbonyl (C=O) groups is 1. The van der Waals surface area contributed by atoms with E-state index in [9.17, 15) is 14.4 Å². The summed E-state index contributed by atoms with van der Waals surface area (Å²) in [5.74, 6) is 0.220. The van der Waals surface area contributed by atoms with Crippen molar-refractivity contribution in [2.24, 2.45) is 5.92 Å². The topological polar surface area (TPSA) is 69.7 Å². The van der Waals surface area contributed by atoms with E-state index < -0.39 is 0 Å². The van der Waals surface area contributed by atoms with Crippen molar-refractivity contribution in [3.05, 3.63) is 20.4 Å². The summed E-state index contributed by atoms with van der Waals surface area (Å²) in [5.41, 5.74) is 0.599. The fraction of sp³-hybridized carbons (Fsp3) is 0.762. The van der Waals surface area contributed by atoms with Crippen LogP contribution in [-0.4, -0.2) is 38.1 Å². The Labute approximate surface area is 160 Å². The first-order valence-electron chi connectivity index (χ1n) is 10.8. The van der Waals surface area contributed by atoms with Crippen molar-refractivity contribution in [1.82, 2.24) is 5.32 Å². The number of carbonyl (C=O) groups excluding carboxylic acids is 1. The average Bonchev–Trinajstić information content (AvgIpc) is 3.09. The first-order chi connectivity index (χ1) is 13.1. The molecule has 1 aromatic carbocycles. The highest BCUT2D eigenvalue weighted by Crippen LogP contribution is 2.31. The van der Waals surface area contributed by atoms with Crippen molar-refractivity contribution < 1.29 is 4.79 Å². The highest BCUT2D eigenvalue weighted by Gasteiger charge is 2.34. The molecule has 0 aromatic heterocycles. The highest BCUT2D eigenvalue weighted by atomic mass is 16.2. The second kappa shape index (κ2) is 8.03. The fourth-order valence-electron chi connectivity index (χ4n) is 5.00. The molecule has 0 bridgehead atoms. The Kier molecular flexibility index (Phi) is 5.50. The third-order valence-electron chi connectivity index (χ3n) is 6.67. The fourth-order valence-corrected chi connectivity index (χ4v) is 5.00. The SMILES string of the molecule is O=C(NC1CCCCCC1)C1CCN(c2c(N3CCCC3)c(=O)c2=O)CC1. The van der Waals surface area contributed by atoms with Gasteiger partial charge in [-0.3, -0.25) is 14.4 Å². The average molecular weight is 373 g/mol. The number of rotatable bonds is 4. The molecule has 1 aliphatic carbocycles. The van der Waals surface area contributed by atoms with E-state index in [0.717, 1.165) is 51.6 Å². The van der Waals surface area contributed by atoms with Crippen molar-refractivity contribution >= 4 is 17.3 Å². The second-order valence-electron chi connectivity index (χ2n) is 8.51. The van der Waals surface area contributed by atoms with Gasteiger partial charge >= 0.3 is 0 Å². The summed E-state index contributed by atoms with van der Waals surface area (Å²) in [6.07, 6.45) is 10.9. The van der Waals surface area contributed by atoms with Crippen LogP contribution in [0, 0.1) is 5.92 Å². The molecule has 3 fully saturated rings. The Bertz CT molecular complexity index is 730. The largest absolute Gasteiger partial charge is 0.366 e. The van der Waals surface area contributed by atoms with E-state index >= 15 is 0 Å². The lowest BCUT2D eigenvalue weighted by Gasteiger charge is -2.36. The third-order valence-corrected chi connectivity index (χ3v) is 6.67. The van der Waals surface area contributed by atoms with Crippen molar-refractivity contribution in [2.75, 3.05) is 36.0 Å². The number of nitrogens with zero attached hydrogens (tertiary/aromatic N) is 2. The van der Waals surface area contributed by atoms with Gasteiger partial charge in [0.05, 0.1) is 0 Å². The summed E-state index contributed by atoms with van der Waals surface area (Å²) in [4.78, 5) is 41.0. The minimum Gasteiger partial charge on any atom is -0.366 e. The van der Waals surface area contributed by atoms with Crippen LogP contribution in [0.2, 0.25) is 0 Å². The first-order valence-corrected chi connectivity index (χ1v) is 10.8. The van der Waals surface area contributed by atoms with E-state index in [0.29, 0.717) is 30.5 Å². The van der Waals surface area contributed by atoms with Crippen LogP contribution in [0.15, 0.2) is 9.59 Å². The van der Waals surface area contributed by atoms with Crippen LogP contribution < -0.4 is 26.0 Å². The molecule has 1 amide bonds. The molecule has 0 spiro atoms. The maximum Gasteiger partial charge on any atom is 0.253 e. The molecular formula is C21H31N3O3. The molecule has 1 N–H and O–H groups in total. The van der Waals surface area contributed by atoms with Crippen molar-refractivity contribution in [3.63, 3.8) is 0 Å². The van der Waals surface area contributed by atoms with E-state index in [1.165, 1.54) is 25.7 Å². The molecule has 6 heteroatoms. The van der Waals surface area contributed by atoms with E-state index in [2.05, 4.69) is 10.2 Å². The molecule has 1 aromatic rings. The van der Waals surface area contributed by atoms with Crippen LogP contribution in [0.5, 0.6) is 0 Å². The summed E-state index contributed by atoms with van der Waals surface area (Å²) in [7, 11) is 0. The summed E-state index contributed by atoms with van der Waals surface area (Å²) in [6, 6.07) is 0.341. The Balaban J connectivity index is 1.34. The summed E-state index contributed by atoms with van der Waals surface area (Å²) >= 11 is 0. The minimum absolute atomic E-state index is 0.0335. The second-order valence-corrected chi connectivity index (χ2v) is 8.51. The van der Waals surface area contributed by atoms with Crippen LogP contribution in [0.1, 0.15) is 64.2 Å². The van der Waals surface area contributed by atoms with Crippen LogP contribution in [-0.2, 0) is 4.79 Å². The molecule has 2 heterocycles. The Morgan fingerprint density at radius 2 is 1.22 bits per heavy atom. The van der Waals surface area contributed by atoms with E-state index in [1.54, 1.807) is 0 Å². The molecular weight excluding hydrogens is 342 g/mol. The van der Waals surface area contributed by atoms with Gasteiger partial charge in [-0.05, 0) is 38.5 Å². The quantitative estimate of drug-likeness (QED) is 0.645. The van der Waals surface area contributed by atoms with Crippen LogP contribution in [0.25, 0.3) is 0 Å². The molecule has 1 saturated carbocycles. The van der Waals surface area contributed by atoms with Crippen LogP contribution in [0.3, 0.4) is 0 Å². The number of piperidine rings is 1. The van der Waals surface area contributed by atoms with Gasteiger partial charge in [-0.15, -0.1) is 0 Å². The summed E-state index contributed by atoms with van der Waals surface area (Å²) in [5, 5.41) is 3.27. The van der Waals surface area contributed by atoms with Crippen LogP contribution in [0.4, 0.5) is 11.4 Å². The minimum atomic E-state index is -0.335. The van der Waals surface area contributed by atoms with Gasteiger partial charge in [-0.25, -0.2) is 0 Å². The van der Waals surface area contributed by atoms with Crippen molar-refractivity contribution in [1.29, 1.82) is 0 Å². The molecule has 4 rings (SSSR count). The Hall–Kier alpha value is -1.85. The van der Waals surface area contributed by atoms with Gasteiger partial charge in [-0.2, -0.15) is 0 Å². The normalized spacial score (nSPS) is 23.0. The Morgan fingerprint density at radius 3 is 1.78 bits per heavy atom. The molecule has 148 valence electrons. The third kappa shape index (κ3) is 3.76. The summed E-state index contributed by atoms with van der Waals surface area (Å²) < 4.78 is 0. The van der Waals surface area contributed by atoms with Gasteiger partial charge in [0.25, 0.3) is 10.9 Å². The van der Waals surface area contributed by atoms with Gasteiger partial charge < -0.3 is 15.1 Å². The molecule has 3 aliphatic rings. The molecule has 2 aliphatic heterocycles. The van der Waals surface area contributed by atoms with Gasteiger partial charge in [0.1, 0.15) is 11.4 Å². The zero-order valence-electron chi connectivity index (χ0n) is 16.2. The standard InChI is InChI=1S/C21H31N3O3/c25-19-17(23-11-5-6-12-23)18(20(19)26)24-13-9-15(10-14-24)21(27)22-16-7-3-1-2-4-8-16/h15-16H,1-14H2,(H,22,27). The van der Waals surface area contributed by atoms with Gasteiger partial charge in [0.15, 0.2) is 0 Å². The zero-order chi connectivity index (χ0) is 18.8. The number of anilines is 2. The van der Waals surface area contributed by atoms with Crippen LogP contribution >= 0.6 is 0 Å². The number of hydrogen-bond donors (Lipinski definition) is 1. The first kappa shape index (κ1) is 18.5. The molecule has 27 heavy (non-hydrogen) atoms. The van der Waals surface area contributed by atoms with Crippen molar-refractivity contribution in [2.45, 2.75) is 70.3 Å². The molecule has 2 saturated heterocycles.